The Morgan fingerprint density at radius 3 is 3.00 bits per heavy atom. The summed E-state index contributed by atoms with van der Waals surface area (Å²) in [5.41, 5.74) is 2.35. The largest absolute Gasteiger partial charge is 0.494 e. The summed E-state index contributed by atoms with van der Waals surface area (Å²) in [5.74, 6) is 0. The summed E-state index contributed by atoms with van der Waals surface area (Å²) in [7, 11) is -0.301. The van der Waals surface area contributed by atoms with Gasteiger partial charge in [-0.05, 0) is 31.4 Å². The maximum absolute atomic E-state index is 5.78. The number of nitrogens with zero attached hydrogens (tertiary/aromatic N) is 1. The molecule has 3 rings (SSSR count). The fourth-order valence-electron chi connectivity index (χ4n) is 1.82. The lowest BCUT2D eigenvalue weighted by molar-refractivity contribution is 0.137. The molecule has 0 bridgehead atoms. The molecule has 1 aromatic heterocycles. The molecule has 5 heteroatoms. The Morgan fingerprint density at radius 2 is 2.25 bits per heavy atom. The molecule has 0 radical (unpaired) electrons. The van der Waals surface area contributed by atoms with Crippen LogP contribution in [0.4, 0.5) is 0 Å². The molecular formula is C11H12BNO3. The first-order chi connectivity index (χ1) is 7.64. The van der Waals surface area contributed by atoms with E-state index in [1.807, 2.05) is 32.0 Å². The summed E-state index contributed by atoms with van der Waals surface area (Å²) in [6, 6.07) is 5.78. The predicted octanol–water partition coefficient (Wildman–Crippen LogP) is 1.35. The van der Waals surface area contributed by atoms with E-state index in [9.17, 15) is 0 Å². The molecule has 0 spiro atoms. The molecule has 2 aromatic rings. The number of rotatable bonds is 1. The van der Waals surface area contributed by atoms with Gasteiger partial charge in [-0.25, -0.2) is 4.98 Å². The van der Waals surface area contributed by atoms with E-state index in [4.69, 9.17) is 13.7 Å². The van der Waals surface area contributed by atoms with Crippen LogP contribution in [0.5, 0.6) is 0 Å². The second kappa shape index (κ2) is 3.33. The fraction of sp³-hybridized carbons (Fsp3) is 0.364. The molecule has 82 valence electrons. The Hall–Kier alpha value is -1.33. The van der Waals surface area contributed by atoms with Crippen molar-refractivity contribution >= 4 is 23.7 Å². The molecule has 4 nitrogen and oxygen atoms in total. The number of benzene rings is 1. The van der Waals surface area contributed by atoms with Gasteiger partial charge < -0.3 is 13.7 Å². The normalized spacial score (nSPS) is 19.5. The molecule has 1 saturated heterocycles. The van der Waals surface area contributed by atoms with Crippen LogP contribution in [0.15, 0.2) is 29.0 Å². The SMILES string of the molecule is CC1(C)COB(c2ccc3ncoc3c2)O1. The van der Waals surface area contributed by atoms with Crippen molar-refractivity contribution < 1.29 is 13.7 Å². The van der Waals surface area contributed by atoms with Crippen LogP contribution in [0.1, 0.15) is 13.8 Å². The minimum atomic E-state index is -0.301. The Balaban J connectivity index is 1.94. The first-order valence-electron chi connectivity index (χ1n) is 5.27. The summed E-state index contributed by atoms with van der Waals surface area (Å²) in [6.45, 7) is 4.63. The van der Waals surface area contributed by atoms with Gasteiger partial charge in [0.1, 0.15) is 5.52 Å². The third-order valence-electron chi connectivity index (χ3n) is 2.64. The summed E-state index contributed by atoms with van der Waals surface area (Å²) in [5, 5.41) is 0. The first-order valence-corrected chi connectivity index (χ1v) is 5.27. The van der Waals surface area contributed by atoms with Crippen LogP contribution in [0, 0.1) is 0 Å². The van der Waals surface area contributed by atoms with Gasteiger partial charge in [-0.2, -0.15) is 0 Å². The Bertz CT molecular complexity index is 523. The van der Waals surface area contributed by atoms with Crippen LogP contribution in [0.2, 0.25) is 0 Å². The maximum atomic E-state index is 5.78. The lowest BCUT2D eigenvalue weighted by atomic mass is 9.79. The average molecular weight is 217 g/mol. The van der Waals surface area contributed by atoms with E-state index < -0.39 is 0 Å². The number of fused-ring (bicyclic) bond motifs is 1. The Morgan fingerprint density at radius 1 is 1.38 bits per heavy atom. The fourth-order valence-corrected chi connectivity index (χ4v) is 1.82. The molecule has 0 saturated carbocycles. The van der Waals surface area contributed by atoms with E-state index in [-0.39, 0.29) is 12.7 Å². The van der Waals surface area contributed by atoms with Gasteiger partial charge in [-0.15, -0.1) is 0 Å². The van der Waals surface area contributed by atoms with Gasteiger partial charge in [-0.3, -0.25) is 0 Å². The van der Waals surface area contributed by atoms with Gasteiger partial charge in [0, 0.05) is 0 Å². The molecule has 0 N–H and O–H groups in total. The second-order valence-corrected chi connectivity index (χ2v) is 4.60. The molecule has 0 atom stereocenters. The van der Waals surface area contributed by atoms with E-state index in [0.717, 1.165) is 16.6 Å². The van der Waals surface area contributed by atoms with Crippen LogP contribution in [0.3, 0.4) is 0 Å². The van der Waals surface area contributed by atoms with Crippen molar-refractivity contribution in [1.29, 1.82) is 0 Å². The zero-order valence-electron chi connectivity index (χ0n) is 9.27. The van der Waals surface area contributed by atoms with Crippen molar-refractivity contribution in [3.05, 3.63) is 24.6 Å². The van der Waals surface area contributed by atoms with Crippen LogP contribution >= 0.6 is 0 Å². The van der Waals surface area contributed by atoms with Gasteiger partial charge in [0.2, 0.25) is 0 Å². The Kier molecular flexibility index (Phi) is 2.06. The van der Waals surface area contributed by atoms with Crippen molar-refractivity contribution in [2.45, 2.75) is 19.4 Å². The van der Waals surface area contributed by atoms with Crippen molar-refractivity contribution in [3.63, 3.8) is 0 Å². The van der Waals surface area contributed by atoms with Crippen molar-refractivity contribution in [3.8, 4) is 0 Å². The van der Waals surface area contributed by atoms with Gasteiger partial charge in [0.25, 0.3) is 0 Å². The zero-order valence-corrected chi connectivity index (χ0v) is 9.27. The van der Waals surface area contributed by atoms with Gasteiger partial charge in [-0.1, -0.05) is 6.07 Å². The van der Waals surface area contributed by atoms with E-state index in [1.54, 1.807) is 0 Å². The second-order valence-electron chi connectivity index (χ2n) is 4.60. The summed E-state index contributed by atoms with van der Waals surface area (Å²) >= 11 is 0. The van der Waals surface area contributed by atoms with Crippen LogP contribution in [0.25, 0.3) is 11.1 Å². The predicted molar refractivity (Wildman–Crippen MR) is 60.5 cm³/mol. The molecule has 2 heterocycles. The average Bonchev–Trinajstić information content (AvgIpc) is 2.82. The molecule has 1 aromatic carbocycles. The zero-order chi connectivity index (χ0) is 11.2. The standard InChI is InChI=1S/C11H12BNO3/c1-11(2)6-15-12(16-11)8-3-4-9-10(5-8)14-7-13-9/h3-5,7H,6H2,1-2H3. The number of hydrogen-bond acceptors (Lipinski definition) is 4. The van der Waals surface area contributed by atoms with Crippen molar-refractivity contribution in [1.82, 2.24) is 4.98 Å². The molecule has 0 unspecified atom stereocenters. The quantitative estimate of drug-likeness (QED) is 0.676. The smallest absolute Gasteiger partial charge is 0.443 e. The van der Waals surface area contributed by atoms with E-state index >= 15 is 0 Å². The van der Waals surface area contributed by atoms with Gasteiger partial charge in [0.05, 0.1) is 12.2 Å². The molecule has 16 heavy (non-hydrogen) atoms. The van der Waals surface area contributed by atoms with E-state index in [1.165, 1.54) is 6.39 Å². The molecule has 1 fully saturated rings. The third-order valence-corrected chi connectivity index (χ3v) is 2.64. The molecule has 0 amide bonds. The highest BCUT2D eigenvalue weighted by atomic mass is 16.7. The molecular weight excluding hydrogens is 205 g/mol. The summed E-state index contributed by atoms with van der Waals surface area (Å²) < 4.78 is 16.6. The lowest BCUT2D eigenvalue weighted by Crippen LogP contribution is -2.34. The minimum absolute atomic E-state index is 0.221. The van der Waals surface area contributed by atoms with E-state index in [2.05, 4.69) is 4.98 Å². The number of aromatic nitrogens is 1. The highest BCUT2D eigenvalue weighted by molar-refractivity contribution is 6.62. The van der Waals surface area contributed by atoms with Crippen LogP contribution in [-0.2, 0) is 9.31 Å². The van der Waals surface area contributed by atoms with Crippen LogP contribution in [-0.4, -0.2) is 24.3 Å². The molecule has 1 aliphatic rings. The maximum Gasteiger partial charge on any atom is 0.494 e. The summed E-state index contributed by atoms with van der Waals surface area (Å²) in [6.07, 6.45) is 1.44. The monoisotopic (exact) mass is 217 g/mol. The number of oxazole rings is 1. The molecule has 0 aliphatic carbocycles. The highest BCUT2D eigenvalue weighted by Gasteiger charge is 2.38. The molecule has 1 aliphatic heterocycles. The summed E-state index contributed by atoms with van der Waals surface area (Å²) in [4.78, 5) is 4.07. The lowest BCUT2D eigenvalue weighted by Gasteiger charge is -2.15. The van der Waals surface area contributed by atoms with Gasteiger partial charge >= 0.3 is 7.12 Å². The topological polar surface area (TPSA) is 44.5 Å². The third kappa shape index (κ3) is 1.62. The van der Waals surface area contributed by atoms with Crippen molar-refractivity contribution in [2.24, 2.45) is 0 Å². The highest BCUT2D eigenvalue weighted by Crippen LogP contribution is 2.20. The van der Waals surface area contributed by atoms with Crippen molar-refractivity contribution in [2.75, 3.05) is 6.61 Å². The Labute approximate surface area is 93.7 Å². The van der Waals surface area contributed by atoms with Gasteiger partial charge in [0.15, 0.2) is 12.0 Å². The number of hydrogen-bond donors (Lipinski definition) is 0. The van der Waals surface area contributed by atoms with E-state index in [0.29, 0.717) is 6.61 Å². The minimum Gasteiger partial charge on any atom is -0.443 e. The van der Waals surface area contributed by atoms with Crippen LogP contribution < -0.4 is 5.46 Å². The first kappa shape index (κ1) is 9.87.